The van der Waals surface area contributed by atoms with Gasteiger partial charge < -0.3 is 26.7 Å². The fourth-order valence-corrected chi connectivity index (χ4v) is 3.77. The Kier molecular flexibility index (Phi) is 4.87. The lowest BCUT2D eigenvalue weighted by Gasteiger charge is -2.29. The van der Waals surface area contributed by atoms with Crippen molar-refractivity contribution >= 4 is 34.3 Å². The predicted octanol–water partition coefficient (Wildman–Crippen LogP) is 2.49. The first-order valence-electron chi connectivity index (χ1n) is 9.53. The molecule has 0 spiro atoms. The molecule has 0 bridgehead atoms. The van der Waals surface area contributed by atoms with Crippen molar-refractivity contribution in [3.63, 3.8) is 0 Å². The van der Waals surface area contributed by atoms with Gasteiger partial charge in [0.2, 0.25) is 5.95 Å². The van der Waals surface area contributed by atoms with Crippen LogP contribution in [0.15, 0.2) is 36.7 Å². The summed E-state index contributed by atoms with van der Waals surface area (Å²) < 4.78 is 2.03. The number of hydrogen-bond donors (Lipinski definition) is 4. The van der Waals surface area contributed by atoms with Gasteiger partial charge in [0.25, 0.3) is 5.91 Å². The average molecular weight is 379 g/mol. The third-order valence-corrected chi connectivity index (χ3v) is 5.37. The summed E-state index contributed by atoms with van der Waals surface area (Å²) in [7, 11) is 1.99. The molecule has 8 nitrogen and oxygen atoms in total. The Bertz CT molecular complexity index is 1010. The van der Waals surface area contributed by atoms with Gasteiger partial charge in [0.05, 0.1) is 0 Å². The number of aryl methyl sites for hydroxylation is 1. The van der Waals surface area contributed by atoms with E-state index in [0.29, 0.717) is 11.8 Å². The van der Waals surface area contributed by atoms with Crippen LogP contribution in [0.1, 0.15) is 36.0 Å². The quantitative estimate of drug-likeness (QED) is 0.540. The maximum atomic E-state index is 11.9. The lowest BCUT2D eigenvalue weighted by molar-refractivity contribution is 0.100. The van der Waals surface area contributed by atoms with Crippen LogP contribution < -0.4 is 22.1 Å². The monoisotopic (exact) mass is 379 g/mol. The minimum Gasteiger partial charge on any atom is -0.365 e. The minimum absolute atomic E-state index is 0.0719. The molecule has 4 rings (SSSR count). The van der Waals surface area contributed by atoms with E-state index < -0.39 is 5.91 Å². The summed E-state index contributed by atoms with van der Waals surface area (Å²) in [6.07, 6.45) is 7.69. The van der Waals surface area contributed by atoms with Gasteiger partial charge in [0, 0.05) is 48.1 Å². The normalized spacial score (nSPS) is 19.5. The van der Waals surface area contributed by atoms with Crippen LogP contribution in [-0.2, 0) is 7.05 Å². The van der Waals surface area contributed by atoms with E-state index >= 15 is 0 Å². The number of benzene rings is 1. The van der Waals surface area contributed by atoms with E-state index in [0.717, 1.165) is 42.3 Å². The first kappa shape index (κ1) is 18.2. The number of nitrogens with two attached hydrogens (primary N) is 2. The van der Waals surface area contributed by atoms with E-state index in [-0.39, 0.29) is 17.6 Å². The SMILES string of the molecule is Cn1ccc2c(Nc3nc(N[C@@H]4CCCC[C@@H]4N)ncc3C(N)=O)cccc21. The first-order valence-corrected chi connectivity index (χ1v) is 9.53. The minimum atomic E-state index is -0.580. The van der Waals surface area contributed by atoms with Gasteiger partial charge in [-0.25, -0.2) is 4.98 Å². The molecule has 3 aromatic rings. The molecule has 1 saturated carbocycles. The fraction of sp³-hybridized carbons (Fsp3) is 0.350. The number of carbonyl (C=O) groups is 1. The number of primary amides is 1. The third-order valence-electron chi connectivity index (χ3n) is 5.37. The van der Waals surface area contributed by atoms with E-state index in [2.05, 4.69) is 20.6 Å². The van der Waals surface area contributed by atoms with Gasteiger partial charge >= 0.3 is 0 Å². The third kappa shape index (κ3) is 3.50. The lowest BCUT2D eigenvalue weighted by Crippen LogP contribution is -2.43. The maximum Gasteiger partial charge on any atom is 0.254 e. The zero-order valence-electron chi connectivity index (χ0n) is 15.9. The van der Waals surface area contributed by atoms with Crippen molar-refractivity contribution in [1.82, 2.24) is 14.5 Å². The second kappa shape index (κ2) is 7.47. The number of fused-ring (bicyclic) bond motifs is 1. The standard InChI is InChI=1S/C20H25N7O/c1-27-10-9-12-15(7-4-8-17(12)27)24-19-13(18(22)28)11-23-20(26-19)25-16-6-3-2-5-14(16)21/h4,7-11,14,16H,2-3,5-6,21H2,1H3,(H2,22,28)(H2,23,24,25,26)/t14-,16+/m0/s1. The summed E-state index contributed by atoms with van der Waals surface area (Å²) in [5, 5.41) is 7.61. The highest BCUT2D eigenvalue weighted by atomic mass is 16.1. The summed E-state index contributed by atoms with van der Waals surface area (Å²) in [5.74, 6) is 0.240. The van der Waals surface area contributed by atoms with Gasteiger partial charge in [-0.3, -0.25) is 4.79 Å². The lowest BCUT2D eigenvalue weighted by atomic mass is 9.91. The molecule has 6 N–H and O–H groups in total. The molecule has 146 valence electrons. The molecule has 1 fully saturated rings. The van der Waals surface area contributed by atoms with Gasteiger partial charge in [-0.15, -0.1) is 0 Å². The molecular weight excluding hydrogens is 354 g/mol. The zero-order valence-corrected chi connectivity index (χ0v) is 15.9. The van der Waals surface area contributed by atoms with Gasteiger partial charge in [-0.2, -0.15) is 4.98 Å². The smallest absolute Gasteiger partial charge is 0.254 e. The highest BCUT2D eigenvalue weighted by Gasteiger charge is 2.23. The highest BCUT2D eigenvalue weighted by Crippen LogP contribution is 2.28. The molecule has 0 saturated heterocycles. The second-order valence-electron chi connectivity index (χ2n) is 7.31. The molecule has 1 aliphatic rings. The topological polar surface area (TPSA) is 124 Å². The van der Waals surface area contributed by atoms with Crippen LogP contribution in [0.4, 0.5) is 17.5 Å². The van der Waals surface area contributed by atoms with Gasteiger partial charge in [0.15, 0.2) is 0 Å². The number of hydrogen-bond acceptors (Lipinski definition) is 6. The number of nitrogens with zero attached hydrogens (tertiary/aromatic N) is 3. The van der Waals surface area contributed by atoms with E-state index in [1.54, 1.807) is 0 Å². The highest BCUT2D eigenvalue weighted by molar-refractivity contribution is 6.00. The summed E-state index contributed by atoms with van der Waals surface area (Å²) in [6.45, 7) is 0. The average Bonchev–Trinajstić information content (AvgIpc) is 3.06. The molecule has 0 radical (unpaired) electrons. The summed E-state index contributed by atoms with van der Waals surface area (Å²) >= 11 is 0. The zero-order chi connectivity index (χ0) is 19.7. The molecule has 2 atom stereocenters. The molecule has 8 heteroatoms. The van der Waals surface area contributed by atoms with Crippen LogP contribution in [0.2, 0.25) is 0 Å². The number of amides is 1. The van der Waals surface area contributed by atoms with Crippen LogP contribution in [0.5, 0.6) is 0 Å². The van der Waals surface area contributed by atoms with Crippen LogP contribution in [0, 0.1) is 0 Å². The van der Waals surface area contributed by atoms with Gasteiger partial charge in [0.1, 0.15) is 11.4 Å². The number of anilines is 3. The van der Waals surface area contributed by atoms with Crippen LogP contribution >= 0.6 is 0 Å². The molecular formula is C20H25N7O. The van der Waals surface area contributed by atoms with Crippen molar-refractivity contribution in [3.8, 4) is 0 Å². The van der Waals surface area contributed by atoms with E-state index in [9.17, 15) is 4.79 Å². The van der Waals surface area contributed by atoms with Crippen LogP contribution in [-0.4, -0.2) is 32.5 Å². The van der Waals surface area contributed by atoms with Crippen LogP contribution in [0.3, 0.4) is 0 Å². The van der Waals surface area contributed by atoms with Crippen LogP contribution in [0.25, 0.3) is 10.9 Å². The van der Waals surface area contributed by atoms with Crippen molar-refractivity contribution < 1.29 is 4.79 Å². The molecule has 2 heterocycles. The Hall–Kier alpha value is -3.13. The Morgan fingerprint density at radius 3 is 2.86 bits per heavy atom. The van der Waals surface area contributed by atoms with Crippen molar-refractivity contribution in [3.05, 3.63) is 42.2 Å². The molecule has 1 aliphatic carbocycles. The number of carbonyl (C=O) groups excluding carboxylic acids is 1. The Morgan fingerprint density at radius 2 is 2.07 bits per heavy atom. The largest absolute Gasteiger partial charge is 0.365 e. The Labute approximate surface area is 163 Å². The Balaban J connectivity index is 1.67. The van der Waals surface area contributed by atoms with E-state index in [4.69, 9.17) is 11.5 Å². The molecule has 28 heavy (non-hydrogen) atoms. The summed E-state index contributed by atoms with van der Waals surface area (Å²) in [5.41, 5.74) is 13.9. The molecule has 2 aromatic heterocycles. The van der Waals surface area contributed by atoms with Crippen molar-refractivity contribution in [2.45, 2.75) is 37.8 Å². The predicted molar refractivity (Wildman–Crippen MR) is 111 cm³/mol. The fourth-order valence-electron chi connectivity index (χ4n) is 3.77. The van der Waals surface area contributed by atoms with Crippen molar-refractivity contribution in [2.75, 3.05) is 10.6 Å². The maximum absolute atomic E-state index is 11.9. The molecule has 0 unspecified atom stereocenters. The number of rotatable bonds is 5. The number of aromatic nitrogens is 3. The van der Waals surface area contributed by atoms with E-state index in [1.807, 2.05) is 42.1 Å². The van der Waals surface area contributed by atoms with E-state index in [1.165, 1.54) is 6.20 Å². The Morgan fingerprint density at radius 1 is 1.25 bits per heavy atom. The summed E-state index contributed by atoms with van der Waals surface area (Å²) in [6, 6.07) is 8.15. The first-order chi connectivity index (χ1) is 13.5. The van der Waals surface area contributed by atoms with Crippen molar-refractivity contribution in [2.24, 2.45) is 18.5 Å². The summed E-state index contributed by atoms with van der Waals surface area (Å²) in [4.78, 5) is 20.7. The van der Waals surface area contributed by atoms with Crippen molar-refractivity contribution in [1.29, 1.82) is 0 Å². The van der Waals surface area contributed by atoms with Gasteiger partial charge in [-0.05, 0) is 31.0 Å². The second-order valence-corrected chi connectivity index (χ2v) is 7.31. The molecule has 1 aromatic carbocycles. The molecule has 0 aliphatic heterocycles. The van der Waals surface area contributed by atoms with Gasteiger partial charge in [-0.1, -0.05) is 18.9 Å². The molecule has 1 amide bonds. The number of nitrogens with one attached hydrogen (secondary N) is 2.